The molecule has 0 saturated carbocycles. The zero-order valence-corrected chi connectivity index (χ0v) is 14.6. The van der Waals surface area contributed by atoms with Crippen LogP contribution in [0.2, 0.25) is 0 Å². The van der Waals surface area contributed by atoms with Gasteiger partial charge in [0.25, 0.3) is 0 Å². The molecule has 1 aromatic carbocycles. The molecule has 1 aliphatic heterocycles. The second-order valence-corrected chi connectivity index (χ2v) is 5.95. The fourth-order valence-electron chi connectivity index (χ4n) is 2.83. The van der Waals surface area contributed by atoms with E-state index < -0.39 is 0 Å². The van der Waals surface area contributed by atoms with Gasteiger partial charge in [0.15, 0.2) is 0 Å². The minimum absolute atomic E-state index is 0.0675. The lowest BCUT2D eigenvalue weighted by Gasteiger charge is -2.36. The molecule has 25 heavy (non-hydrogen) atoms. The van der Waals surface area contributed by atoms with Crippen LogP contribution in [0.4, 0.5) is 10.5 Å². The molecule has 1 aromatic heterocycles. The van der Waals surface area contributed by atoms with Gasteiger partial charge in [-0.05, 0) is 19.1 Å². The van der Waals surface area contributed by atoms with Gasteiger partial charge in [-0.1, -0.05) is 12.1 Å². The molecule has 3 rings (SSSR count). The van der Waals surface area contributed by atoms with E-state index >= 15 is 0 Å². The van der Waals surface area contributed by atoms with E-state index in [0.29, 0.717) is 19.6 Å². The molecule has 7 nitrogen and oxygen atoms in total. The highest BCUT2D eigenvalue weighted by Gasteiger charge is 2.22. The van der Waals surface area contributed by atoms with E-state index in [2.05, 4.69) is 20.2 Å². The number of carbonyl (C=O) groups is 1. The van der Waals surface area contributed by atoms with Crippen molar-refractivity contribution in [2.24, 2.45) is 0 Å². The van der Waals surface area contributed by atoms with Crippen molar-refractivity contribution in [2.45, 2.75) is 13.5 Å². The number of hydrogen-bond acceptors (Lipinski definition) is 5. The highest BCUT2D eigenvalue weighted by atomic mass is 16.5. The molecule has 132 valence electrons. The lowest BCUT2D eigenvalue weighted by molar-refractivity contribution is 0.193. The van der Waals surface area contributed by atoms with E-state index in [-0.39, 0.29) is 6.03 Å². The van der Waals surface area contributed by atoms with Gasteiger partial charge in [-0.3, -0.25) is 9.97 Å². The highest BCUT2D eigenvalue weighted by molar-refractivity contribution is 5.74. The van der Waals surface area contributed by atoms with Gasteiger partial charge >= 0.3 is 6.03 Å². The SMILES string of the molecule is COc1ccccc1N1CCN(C(=O)NCc2cnc(C)cn2)CC1. The number of rotatable bonds is 4. The molecular formula is C18H23N5O2. The van der Waals surface area contributed by atoms with E-state index in [4.69, 9.17) is 4.74 Å². The molecule has 0 unspecified atom stereocenters. The van der Waals surface area contributed by atoms with Crippen LogP contribution in [0.5, 0.6) is 5.75 Å². The molecule has 1 aliphatic rings. The summed E-state index contributed by atoms with van der Waals surface area (Å²) in [5.41, 5.74) is 2.69. The first-order chi connectivity index (χ1) is 12.2. The van der Waals surface area contributed by atoms with Gasteiger partial charge in [0.2, 0.25) is 0 Å². The number of amides is 2. The Balaban J connectivity index is 1.51. The Hall–Kier alpha value is -2.83. The molecule has 1 fully saturated rings. The topological polar surface area (TPSA) is 70.6 Å². The van der Waals surface area contributed by atoms with Crippen molar-refractivity contribution >= 4 is 11.7 Å². The number of hydrogen-bond donors (Lipinski definition) is 1. The lowest BCUT2D eigenvalue weighted by atomic mass is 10.2. The Bertz CT molecular complexity index is 712. The van der Waals surface area contributed by atoms with Crippen LogP contribution >= 0.6 is 0 Å². The van der Waals surface area contributed by atoms with E-state index in [1.54, 1.807) is 19.5 Å². The highest BCUT2D eigenvalue weighted by Crippen LogP contribution is 2.28. The number of benzene rings is 1. The van der Waals surface area contributed by atoms with Gasteiger partial charge in [-0.2, -0.15) is 0 Å². The van der Waals surface area contributed by atoms with E-state index in [1.807, 2.05) is 36.1 Å². The van der Waals surface area contributed by atoms with Gasteiger partial charge in [0.1, 0.15) is 5.75 Å². The molecule has 0 bridgehead atoms. The largest absolute Gasteiger partial charge is 0.495 e. The smallest absolute Gasteiger partial charge is 0.317 e. The molecular weight excluding hydrogens is 318 g/mol. The molecule has 2 aromatic rings. The first-order valence-electron chi connectivity index (χ1n) is 8.35. The molecule has 0 aliphatic carbocycles. The Morgan fingerprint density at radius 1 is 1.16 bits per heavy atom. The predicted octanol–water partition coefficient (Wildman–Crippen LogP) is 1.83. The van der Waals surface area contributed by atoms with Crippen molar-refractivity contribution in [1.29, 1.82) is 0 Å². The number of nitrogens with zero attached hydrogens (tertiary/aromatic N) is 4. The minimum Gasteiger partial charge on any atom is -0.495 e. The van der Waals surface area contributed by atoms with Crippen LogP contribution in [0.3, 0.4) is 0 Å². The summed E-state index contributed by atoms with van der Waals surface area (Å²) in [6.45, 7) is 5.17. The van der Waals surface area contributed by atoms with Crippen molar-refractivity contribution in [3.63, 3.8) is 0 Å². The van der Waals surface area contributed by atoms with Crippen molar-refractivity contribution < 1.29 is 9.53 Å². The fourth-order valence-corrected chi connectivity index (χ4v) is 2.83. The Morgan fingerprint density at radius 3 is 2.60 bits per heavy atom. The maximum Gasteiger partial charge on any atom is 0.317 e. The second-order valence-electron chi connectivity index (χ2n) is 5.95. The summed E-state index contributed by atoms with van der Waals surface area (Å²) in [7, 11) is 1.68. The third-order valence-corrected chi connectivity index (χ3v) is 4.25. The molecule has 0 radical (unpaired) electrons. The van der Waals surface area contributed by atoms with Gasteiger partial charge in [-0.25, -0.2) is 4.79 Å². The zero-order chi connectivity index (χ0) is 17.6. The monoisotopic (exact) mass is 341 g/mol. The molecule has 1 saturated heterocycles. The standard InChI is InChI=1S/C18H23N5O2/c1-14-11-20-15(12-19-14)13-21-18(24)23-9-7-22(8-10-23)16-5-3-4-6-17(16)25-2/h3-6,11-12H,7-10,13H2,1-2H3,(H,21,24). The van der Waals surface area contributed by atoms with E-state index in [1.165, 1.54) is 0 Å². The number of urea groups is 1. The van der Waals surface area contributed by atoms with Gasteiger partial charge in [-0.15, -0.1) is 0 Å². The van der Waals surface area contributed by atoms with Crippen LogP contribution in [0.1, 0.15) is 11.4 Å². The number of para-hydroxylation sites is 2. The third-order valence-electron chi connectivity index (χ3n) is 4.25. The average Bonchev–Trinajstić information content (AvgIpc) is 2.67. The zero-order valence-electron chi connectivity index (χ0n) is 14.6. The molecule has 7 heteroatoms. The Morgan fingerprint density at radius 2 is 1.92 bits per heavy atom. The van der Waals surface area contributed by atoms with Crippen LogP contribution < -0.4 is 15.0 Å². The molecule has 0 atom stereocenters. The van der Waals surface area contributed by atoms with Gasteiger partial charge in [0, 0.05) is 32.4 Å². The molecule has 2 heterocycles. The van der Waals surface area contributed by atoms with Gasteiger partial charge in [0.05, 0.1) is 36.9 Å². The third kappa shape index (κ3) is 4.17. The van der Waals surface area contributed by atoms with Crippen LogP contribution in [0.15, 0.2) is 36.7 Å². The fraction of sp³-hybridized carbons (Fsp3) is 0.389. The number of piperazine rings is 1. The van der Waals surface area contributed by atoms with Crippen molar-refractivity contribution in [3.05, 3.63) is 48.0 Å². The number of methoxy groups -OCH3 is 1. The summed E-state index contributed by atoms with van der Waals surface area (Å²) >= 11 is 0. The first kappa shape index (κ1) is 17.0. The average molecular weight is 341 g/mol. The van der Waals surface area contributed by atoms with E-state index in [0.717, 1.165) is 35.9 Å². The number of nitrogens with one attached hydrogen (secondary N) is 1. The summed E-state index contributed by atoms with van der Waals surface area (Å²) in [4.78, 5) is 24.8. The van der Waals surface area contributed by atoms with Crippen LogP contribution in [0, 0.1) is 6.92 Å². The predicted molar refractivity (Wildman–Crippen MR) is 95.8 cm³/mol. The number of anilines is 1. The van der Waals surface area contributed by atoms with Crippen LogP contribution in [-0.2, 0) is 6.54 Å². The summed E-state index contributed by atoms with van der Waals surface area (Å²) < 4.78 is 5.42. The van der Waals surface area contributed by atoms with E-state index in [9.17, 15) is 4.79 Å². The number of aryl methyl sites for hydroxylation is 1. The second kappa shape index (κ2) is 7.83. The van der Waals surface area contributed by atoms with Crippen LogP contribution in [-0.4, -0.2) is 54.2 Å². The van der Waals surface area contributed by atoms with Crippen molar-refractivity contribution in [3.8, 4) is 5.75 Å². The maximum atomic E-state index is 12.3. The minimum atomic E-state index is -0.0675. The Labute approximate surface area is 147 Å². The first-order valence-corrected chi connectivity index (χ1v) is 8.35. The normalized spacial score (nSPS) is 14.3. The number of carbonyl (C=O) groups excluding carboxylic acids is 1. The summed E-state index contributed by atoms with van der Waals surface area (Å²) in [5.74, 6) is 0.860. The summed E-state index contributed by atoms with van der Waals surface area (Å²) in [5, 5.41) is 2.91. The number of aromatic nitrogens is 2. The number of ether oxygens (including phenoxy) is 1. The summed E-state index contributed by atoms with van der Waals surface area (Å²) in [6, 6.07) is 7.89. The Kier molecular flexibility index (Phi) is 5.33. The quantitative estimate of drug-likeness (QED) is 0.919. The molecule has 2 amide bonds. The molecule has 0 spiro atoms. The lowest BCUT2D eigenvalue weighted by Crippen LogP contribution is -2.51. The summed E-state index contributed by atoms with van der Waals surface area (Å²) in [6.07, 6.45) is 3.39. The molecule has 1 N–H and O–H groups in total. The van der Waals surface area contributed by atoms with Crippen molar-refractivity contribution in [2.75, 3.05) is 38.2 Å². The van der Waals surface area contributed by atoms with Crippen LogP contribution in [0.25, 0.3) is 0 Å². The maximum absolute atomic E-state index is 12.3. The van der Waals surface area contributed by atoms with Crippen molar-refractivity contribution in [1.82, 2.24) is 20.2 Å². The van der Waals surface area contributed by atoms with Gasteiger partial charge < -0.3 is 19.9 Å².